The van der Waals surface area contributed by atoms with E-state index < -0.39 is 0 Å². The van der Waals surface area contributed by atoms with Crippen LogP contribution >= 0.6 is 23.1 Å². The number of carbonyl (C=O) groups is 1. The van der Waals surface area contributed by atoms with Gasteiger partial charge in [-0.15, -0.1) is 23.1 Å². The van der Waals surface area contributed by atoms with E-state index in [1.54, 1.807) is 11.3 Å². The van der Waals surface area contributed by atoms with Gasteiger partial charge >= 0.3 is 0 Å². The zero-order valence-electron chi connectivity index (χ0n) is 16.8. The van der Waals surface area contributed by atoms with Crippen LogP contribution in [0.2, 0.25) is 0 Å². The Morgan fingerprint density at radius 3 is 2.74 bits per heavy atom. The van der Waals surface area contributed by atoms with Gasteiger partial charge in [-0.1, -0.05) is 6.92 Å². The van der Waals surface area contributed by atoms with Crippen molar-refractivity contribution in [3.8, 4) is 0 Å². The van der Waals surface area contributed by atoms with Crippen LogP contribution in [0.5, 0.6) is 0 Å². The highest BCUT2D eigenvalue weighted by Crippen LogP contribution is 2.32. The van der Waals surface area contributed by atoms with Crippen LogP contribution in [-0.4, -0.2) is 26.7 Å². The van der Waals surface area contributed by atoms with Gasteiger partial charge in [-0.05, 0) is 64.9 Å². The van der Waals surface area contributed by atoms with E-state index in [1.165, 1.54) is 24.6 Å². The molecule has 0 spiro atoms. The number of hydrogen-bond acceptors (Lipinski definition) is 5. The normalized spacial score (nSPS) is 24.1. The maximum Gasteiger partial charge on any atom is 0.259 e. The third kappa shape index (κ3) is 4.57. The largest absolute Gasteiger partial charge is 0.350 e. The highest BCUT2D eigenvalue weighted by molar-refractivity contribution is 7.99. The number of aryl methyl sites for hydroxylation is 2. The van der Waals surface area contributed by atoms with Gasteiger partial charge in [0.1, 0.15) is 10.7 Å². The smallest absolute Gasteiger partial charge is 0.259 e. The van der Waals surface area contributed by atoms with Crippen molar-refractivity contribution in [1.82, 2.24) is 15.3 Å². The molecule has 0 radical (unpaired) electrons. The van der Waals surface area contributed by atoms with Gasteiger partial charge in [0.05, 0.1) is 16.4 Å². The van der Waals surface area contributed by atoms with Crippen molar-refractivity contribution in [2.45, 2.75) is 76.8 Å². The fourth-order valence-electron chi connectivity index (χ4n) is 3.57. The lowest BCUT2D eigenvalue weighted by Gasteiger charge is -2.37. The van der Waals surface area contributed by atoms with Crippen molar-refractivity contribution in [2.75, 3.05) is 0 Å². The fourth-order valence-corrected chi connectivity index (χ4v) is 5.37. The van der Waals surface area contributed by atoms with E-state index in [9.17, 15) is 9.59 Å². The molecular weight excluding hydrogens is 378 g/mol. The molecule has 1 fully saturated rings. The molecule has 1 amide bonds. The van der Waals surface area contributed by atoms with Crippen molar-refractivity contribution < 1.29 is 4.79 Å². The maximum absolute atomic E-state index is 12.6. The van der Waals surface area contributed by atoms with E-state index in [0.29, 0.717) is 17.0 Å². The Bertz CT molecular complexity index is 894. The van der Waals surface area contributed by atoms with Crippen LogP contribution in [0.3, 0.4) is 0 Å². The maximum atomic E-state index is 12.6. The molecule has 1 aliphatic rings. The molecule has 148 valence electrons. The third-order valence-electron chi connectivity index (χ3n) is 5.73. The Labute approximate surface area is 168 Å². The first-order chi connectivity index (χ1) is 12.7. The number of aromatic amines is 1. The third-order valence-corrected chi connectivity index (χ3v) is 7.99. The SMILES string of the molecule is Cc1sc2nc(CSC(C)C(=O)NC3(C)CCC(C)CC3)[nH]c(=O)c2c1C. The van der Waals surface area contributed by atoms with Gasteiger partial charge < -0.3 is 10.3 Å². The van der Waals surface area contributed by atoms with E-state index in [1.807, 2.05) is 20.8 Å². The molecule has 1 saturated carbocycles. The zero-order chi connectivity index (χ0) is 19.8. The number of nitrogens with zero attached hydrogens (tertiary/aromatic N) is 1. The van der Waals surface area contributed by atoms with Gasteiger partial charge in [-0.2, -0.15) is 0 Å². The average Bonchev–Trinajstić information content (AvgIpc) is 2.90. The molecule has 0 aliphatic heterocycles. The van der Waals surface area contributed by atoms with Gasteiger partial charge in [0, 0.05) is 10.4 Å². The number of thiophene rings is 1. The lowest BCUT2D eigenvalue weighted by Crippen LogP contribution is -2.50. The van der Waals surface area contributed by atoms with Crippen LogP contribution in [0, 0.1) is 19.8 Å². The second-order valence-corrected chi connectivity index (χ2v) is 10.7. The van der Waals surface area contributed by atoms with Crippen LogP contribution in [-0.2, 0) is 10.5 Å². The van der Waals surface area contributed by atoms with Gasteiger partial charge in [0.2, 0.25) is 5.91 Å². The molecule has 5 nitrogen and oxygen atoms in total. The summed E-state index contributed by atoms with van der Waals surface area (Å²) in [6.07, 6.45) is 4.42. The Hall–Kier alpha value is -1.34. The number of thioether (sulfide) groups is 1. The minimum atomic E-state index is -0.186. The first kappa shape index (κ1) is 20.4. The summed E-state index contributed by atoms with van der Waals surface area (Å²) in [5, 5.41) is 3.76. The molecule has 0 bridgehead atoms. The van der Waals surface area contributed by atoms with Crippen LogP contribution in [0.4, 0.5) is 0 Å². The summed E-state index contributed by atoms with van der Waals surface area (Å²) in [6, 6.07) is 0. The van der Waals surface area contributed by atoms with E-state index in [2.05, 4.69) is 29.1 Å². The Balaban J connectivity index is 1.62. The number of H-pyrrole nitrogens is 1. The highest BCUT2D eigenvalue weighted by atomic mass is 32.2. The molecule has 1 atom stereocenters. The number of amides is 1. The van der Waals surface area contributed by atoms with Gasteiger partial charge in [0.15, 0.2) is 0 Å². The molecule has 1 unspecified atom stereocenters. The molecule has 3 rings (SSSR count). The molecule has 2 aromatic rings. The van der Waals surface area contributed by atoms with E-state index in [0.717, 1.165) is 34.0 Å². The molecule has 2 aromatic heterocycles. The van der Waals surface area contributed by atoms with Crippen molar-refractivity contribution in [3.05, 3.63) is 26.6 Å². The molecule has 0 saturated heterocycles. The molecule has 7 heteroatoms. The van der Waals surface area contributed by atoms with E-state index >= 15 is 0 Å². The molecular formula is C20H29N3O2S2. The number of nitrogens with one attached hydrogen (secondary N) is 2. The monoisotopic (exact) mass is 407 g/mol. The summed E-state index contributed by atoms with van der Waals surface area (Å²) in [5.41, 5.74) is 0.833. The first-order valence-electron chi connectivity index (χ1n) is 9.61. The summed E-state index contributed by atoms with van der Waals surface area (Å²) in [5.74, 6) is 1.98. The Morgan fingerprint density at radius 2 is 2.07 bits per heavy atom. The van der Waals surface area contributed by atoms with Crippen LogP contribution < -0.4 is 10.9 Å². The summed E-state index contributed by atoms with van der Waals surface area (Å²) >= 11 is 3.06. The van der Waals surface area contributed by atoms with E-state index in [-0.39, 0.29) is 22.3 Å². The second kappa shape index (κ2) is 7.95. The molecule has 2 heterocycles. The highest BCUT2D eigenvalue weighted by Gasteiger charge is 2.32. The average molecular weight is 408 g/mol. The minimum Gasteiger partial charge on any atom is -0.350 e. The molecule has 27 heavy (non-hydrogen) atoms. The number of fused-ring (bicyclic) bond motifs is 1. The lowest BCUT2D eigenvalue weighted by atomic mass is 9.78. The van der Waals surface area contributed by atoms with Gasteiger partial charge in [-0.25, -0.2) is 4.98 Å². The minimum absolute atomic E-state index is 0.0725. The molecule has 1 aliphatic carbocycles. The Morgan fingerprint density at radius 1 is 1.41 bits per heavy atom. The standard InChI is InChI=1S/C20H29N3O2S2/c1-11-6-8-20(5,9-7-11)23-17(24)14(4)26-10-15-21-18(25)16-12(2)13(3)27-19(16)22-15/h11,14H,6-10H2,1-5H3,(H,23,24)(H,21,22,25). The summed E-state index contributed by atoms with van der Waals surface area (Å²) < 4.78 is 0. The molecule has 0 aromatic carbocycles. The van der Waals surface area contributed by atoms with Crippen molar-refractivity contribution >= 4 is 39.2 Å². The van der Waals surface area contributed by atoms with Gasteiger partial charge in [0.25, 0.3) is 5.56 Å². The Kier molecular flexibility index (Phi) is 6.01. The van der Waals surface area contributed by atoms with Crippen LogP contribution in [0.15, 0.2) is 4.79 Å². The predicted molar refractivity (Wildman–Crippen MR) is 115 cm³/mol. The van der Waals surface area contributed by atoms with Crippen LogP contribution in [0.1, 0.15) is 62.7 Å². The number of hydrogen-bond donors (Lipinski definition) is 2. The quantitative estimate of drug-likeness (QED) is 0.774. The van der Waals surface area contributed by atoms with E-state index in [4.69, 9.17) is 0 Å². The van der Waals surface area contributed by atoms with Crippen molar-refractivity contribution in [2.24, 2.45) is 5.92 Å². The molecule has 2 N–H and O–H groups in total. The zero-order valence-corrected chi connectivity index (χ0v) is 18.4. The second-order valence-electron chi connectivity index (χ2n) is 8.16. The first-order valence-corrected chi connectivity index (χ1v) is 11.5. The number of aromatic nitrogens is 2. The van der Waals surface area contributed by atoms with Gasteiger partial charge in [-0.3, -0.25) is 9.59 Å². The number of carbonyl (C=O) groups excluding carboxylic acids is 1. The summed E-state index contributed by atoms with van der Waals surface area (Å²) in [6.45, 7) is 10.3. The van der Waals surface area contributed by atoms with Crippen molar-refractivity contribution in [3.63, 3.8) is 0 Å². The lowest BCUT2D eigenvalue weighted by molar-refractivity contribution is -0.122. The predicted octanol–water partition coefficient (Wildman–Crippen LogP) is 4.31. The number of rotatable bonds is 5. The van der Waals surface area contributed by atoms with Crippen LogP contribution in [0.25, 0.3) is 10.2 Å². The summed E-state index contributed by atoms with van der Waals surface area (Å²) in [7, 11) is 0. The summed E-state index contributed by atoms with van der Waals surface area (Å²) in [4.78, 5) is 34.4. The van der Waals surface area contributed by atoms with Crippen molar-refractivity contribution in [1.29, 1.82) is 0 Å². The fraction of sp³-hybridized carbons (Fsp3) is 0.650. The topological polar surface area (TPSA) is 74.8 Å².